The van der Waals surface area contributed by atoms with Gasteiger partial charge in [0.1, 0.15) is 0 Å². The van der Waals surface area contributed by atoms with E-state index in [1.165, 1.54) is 0 Å². The van der Waals surface area contributed by atoms with Gasteiger partial charge in [-0.25, -0.2) is 0 Å². The Morgan fingerprint density at radius 3 is 2.42 bits per heavy atom. The number of nitrogens with one attached hydrogen (secondary N) is 1. The van der Waals surface area contributed by atoms with Gasteiger partial charge in [-0.1, -0.05) is 24.3 Å². The van der Waals surface area contributed by atoms with Crippen LogP contribution in [0.4, 0.5) is 11.4 Å². The van der Waals surface area contributed by atoms with E-state index in [4.69, 9.17) is 5.73 Å². The number of anilines is 2. The topological polar surface area (TPSA) is 75.4 Å². The fourth-order valence-corrected chi connectivity index (χ4v) is 3.02. The molecule has 0 aromatic heterocycles. The Bertz CT molecular complexity index is 1010. The first-order valence-electron chi connectivity index (χ1n) is 8.29. The third-order valence-corrected chi connectivity index (χ3v) is 4.31. The van der Waals surface area contributed by atoms with Gasteiger partial charge < -0.3 is 16.0 Å². The van der Waals surface area contributed by atoms with Gasteiger partial charge in [-0.05, 0) is 48.2 Å². The number of hydrogen-bond donors (Lipinski definition) is 2. The summed E-state index contributed by atoms with van der Waals surface area (Å²) in [5.41, 5.74) is 9.12. The predicted molar refractivity (Wildman–Crippen MR) is 105 cm³/mol. The number of nitrogens with zero attached hydrogens (tertiary/aromatic N) is 1. The maximum atomic E-state index is 12.6. The first-order chi connectivity index (χ1) is 12.4. The minimum Gasteiger partial charge on any atom is -0.366 e. The third kappa shape index (κ3) is 3.24. The first kappa shape index (κ1) is 17.5. The van der Waals surface area contributed by atoms with E-state index in [9.17, 15) is 9.59 Å². The van der Waals surface area contributed by atoms with Gasteiger partial charge in [0.2, 0.25) is 5.91 Å². The summed E-state index contributed by atoms with van der Waals surface area (Å²) in [5, 5.41) is 5.20. The van der Waals surface area contributed by atoms with Crippen molar-refractivity contribution >= 4 is 34.0 Å². The van der Waals surface area contributed by atoms with Gasteiger partial charge in [-0.2, -0.15) is 0 Å². The van der Waals surface area contributed by atoms with Gasteiger partial charge in [-0.15, -0.1) is 0 Å². The van der Waals surface area contributed by atoms with Crippen LogP contribution < -0.4 is 11.1 Å². The number of benzene rings is 3. The quantitative estimate of drug-likeness (QED) is 0.756. The monoisotopic (exact) mass is 347 g/mol. The Morgan fingerprint density at radius 1 is 1.00 bits per heavy atom. The molecule has 3 rings (SSSR count). The summed E-state index contributed by atoms with van der Waals surface area (Å²) in [6, 6.07) is 16.7. The number of carbonyl (C=O) groups excluding carboxylic acids is 2. The average molecular weight is 347 g/mol. The smallest absolute Gasteiger partial charge is 0.253 e. The molecular formula is C21H21N3O2. The van der Waals surface area contributed by atoms with Crippen LogP contribution in [0, 0.1) is 6.92 Å². The number of primary amides is 1. The molecule has 0 saturated heterocycles. The molecule has 0 spiro atoms. The number of rotatable bonds is 4. The van der Waals surface area contributed by atoms with E-state index in [2.05, 4.69) is 5.32 Å². The average Bonchev–Trinajstić information content (AvgIpc) is 2.62. The molecule has 0 aliphatic carbocycles. The van der Waals surface area contributed by atoms with Crippen molar-refractivity contribution < 1.29 is 9.59 Å². The van der Waals surface area contributed by atoms with Gasteiger partial charge in [0, 0.05) is 42.0 Å². The van der Waals surface area contributed by atoms with Crippen molar-refractivity contribution in [2.24, 2.45) is 5.73 Å². The Balaban J connectivity index is 2.12. The highest BCUT2D eigenvalue weighted by atomic mass is 16.2. The van der Waals surface area contributed by atoms with E-state index in [1.54, 1.807) is 37.2 Å². The molecule has 3 aromatic rings. The van der Waals surface area contributed by atoms with E-state index >= 15 is 0 Å². The predicted octanol–water partition coefficient (Wildman–Crippen LogP) is 3.69. The standard InChI is InChI=1S/C21H21N3O2/c1-13-6-4-9-16-18(11-10-17(19(13)16)21(26)24(2)3)23-15-8-5-7-14(12-15)20(22)25/h4-12,23H,1-3H3,(H2,22,25). The van der Waals surface area contributed by atoms with Gasteiger partial charge in [0.15, 0.2) is 0 Å². The number of hydrogen-bond acceptors (Lipinski definition) is 3. The van der Waals surface area contributed by atoms with Crippen molar-refractivity contribution in [2.75, 3.05) is 19.4 Å². The van der Waals surface area contributed by atoms with E-state index in [1.807, 2.05) is 43.3 Å². The van der Waals surface area contributed by atoms with Crippen LogP contribution in [0.1, 0.15) is 26.3 Å². The molecule has 132 valence electrons. The highest BCUT2D eigenvalue weighted by Crippen LogP contribution is 2.32. The van der Waals surface area contributed by atoms with Gasteiger partial charge in [0.25, 0.3) is 5.91 Å². The van der Waals surface area contributed by atoms with Gasteiger partial charge >= 0.3 is 0 Å². The van der Waals surface area contributed by atoms with Gasteiger partial charge in [-0.3, -0.25) is 9.59 Å². The fraction of sp³-hybridized carbons (Fsp3) is 0.143. The summed E-state index contributed by atoms with van der Waals surface area (Å²) in [6.07, 6.45) is 0. The summed E-state index contributed by atoms with van der Waals surface area (Å²) in [6.45, 7) is 1.99. The zero-order valence-corrected chi connectivity index (χ0v) is 15.0. The minimum atomic E-state index is -0.471. The molecule has 26 heavy (non-hydrogen) atoms. The Kier molecular flexibility index (Phi) is 4.63. The molecule has 5 heteroatoms. The molecule has 0 unspecified atom stereocenters. The van der Waals surface area contributed by atoms with E-state index in [0.29, 0.717) is 11.1 Å². The van der Waals surface area contributed by atoms with Crippen LogP contribution in [-0.4, -0.2) is 30.8 Å². The number of carbonyl (C=O) groups is 2. The lowest BCUT2D eigenvalue weighted by atomic mass is 9.97. The lowest BCUT2D eigenvalue weighted by Crippen LogP contribution is -2.22. The molecule has 0 aliphatic rings. The molecule has 0 bridgehead atoms. The lowest BCUT2D eigenvalue weighted by Gasteiger charge is -2.17. The van der Waals surface area contributed by atoms with Crippen molar-refractivity contribution in [2.45, 2.75) is 6.92 Å². The second-order valence-electron chi connectivity index (χ2n) is 6.43. The second kappa shape index (κ2) is 6.88. The highest BCUT2D eigenvalue weighted by Gasteiger charge is 2.16. The highest BCUT2D eigenvalue weighted by molar-refractivity contribution is 6.11. The SMILES string of the molecule is Cc1cccc2c(Nc3cccc(C(N)=O)c3)ccc(C(=O)N(C)C)c12. The first-order valence-corrected chi connectivity index (χ1v) is 8.29. The minimum absolute atomic E-state index is 0.0356. The fourth-order valence-electron chi connectivity index (χ4n) is 3.02. The van der Waals surface area contributed by atoms with Crippen LogP contribution >= 0.6 is 0 Å². The Morgan fingerprint density at radius 2 is 1.73 bits per heavy atom. The van der Waals surface area contributed by atoms with E-state index in [-0.39, 0.29) is 5.91 Å². The molecule has 0 aliphatic heterocycles. The molecule has 0 heterocycles. The molecule has 3 aromatic carbocycles. The molecule has 5 nitrogen and oxygen atoms in total. The third-order valence-electron chi connectivity index (χ3n) is 4.31. The molecule has 0 atom stereocenters. The van der Waals surface area contributed by atoms with Crippen molar-refractivity contribution in [1.29, 1.82) is 0 Å². The van der Waals surface area contributed by atoms with Crippen LogP contribution in [0.3, 0.4) is 0 Å². The molecule has 0 fully saturated rings. The lowest BCUT2D eigenvalue weighted by molar-refractivity contribution is 0.0829. The largest absolute Gasteiger partial charge is 0.366 e. The molecule has 3 N–H and O–H groups in total. The van der Waals surface area contributed by atoms with Crippen LogP contribution in [0.5, 0.6) is 0 Å². The summed E-state index contributed by atoms with van der Waals surface area (Å²) in [5.74, 6) is -0.507. The van der Waals surface area contributed by atoms with E-state index < -0.39 is 5.91 Å². The van der Waals surface area contributed by atoms with Crippen molar-refractivity contribution in [3.8, 4) is 0 Å². The number of aryl methyl sites for hydroxylation is 1. The van der Waals surface area contributed by atoms with Crippen LogP contribution in [-0.2, 0) is 0 Å². The second-order valence-corrected chi connectivity index (χ2v) is 6.43. The summed E-state index contributed by atoms with van der Waals surface area (Å²) in [7, 11) is 3.49. The van der Waals surface area contributed by atoms with Crippen molar-refractivity contribution in [3.63, 3.8) is 0 Å². The maximum absolute atomic E-state index is 12.6. The molecule has 2 amide bonds. The zero-order valence-electron chi connectivity index (χ0n) is 15.0. The summed E-state index contributed by atoms with van der Waals surface area (Å²) < 4.78 is 0. The van der Waals surface area contributed by atoms with Crippen LogP contribution in [0.15, 0.2) is 54.6 Å². The molecular weight excluding hydrogens is 326 g/mol. The Hall–Kier alpha value is -3.34. The Labute approximate surface area is 152 Å². The maximum Gasteiger partial charge on any atom is 0.253 e. The summed E-state index contributed by atoms with van der Waals surface area (Å²) in [4.78, 5) is 25.5. The summed E-state index contributed by atoms with van der Waals surface area (Å²) >= 11 is 0. The molecule has 0 radical (unpaired) electrons. The number of fused-ring (bicyclic) bond motifs is 1. The normalized spacial score (nSPS) is 10.6. The van der Waals surface area contributed by atoms with E-state index in [0.717, 1.165) is 27.7 Å². The number of amides is 2. The van der Waals surface area contributed by atoms with Crippen LogP contribution in [0.25, 0.3) is 10.8 Å². The van der Waals surface area contributed by atoms with Gasteiger partial charge in [0.05, 0.1) is 0 Å². The zero-order chi connectivity index (χ0) is 18.8. The van der Waals surface area contributed by atoms with Crippen molar-refractivity contribution in [3.05, 3.63) is 71.3 Å². The number of nitrogens with two attached hydrogens (primary N) is 1. The van der Waals surface area contributed by atoms with Crippen LogP contribution in [0.2, 0.25) is 0 Å². The molecule has 0 saturated carbocycles. The van der Waals surface area contributed by atoms with Crippen molar-refractivity contribution in [1.82, 2.24) is 4.90 Å².